The Labute approximate surface area is 447 Å². The summed E-state index contributed by atoms with van der Waals surface area (Å²) < 4.78 is 50.8. The van der Waals surface area contributed by atoms with Crippen molar-refractivity contribution in [2.75, 3.05) is 34.8 Å². The fourth-order valence-corrected chi connectivity index (χ4v) is 11.5. The molecule has 2 aromatic rings. The van der Waals surface area contributed by atoms with E-state index in [0.29, 0.717) is 13.0 Å². The van der Waals surface area contributed by atoms with Gasteiger partial charge in [-0.2, -0.15) is 0 Å². The second-order valence-electron chi connectivity index (χ2n) is 21.7. The molecule has 0 spiro atoms. The maximum atomic E-state index is 14.9. The molecule has 3 fully saturated rings. The fourth-order valence-electron chi connectivity index (χ4n) is 10.9. The molecule has 0 aliphatic carbocycles. The highest BCUT2D eigenvalue weighted by Crippen LogP contribution is 2.41. The highest BCUT2D eigenvalue weighted by atomic mass is 32.1. The summed E-state index contributed by atoms with van der Waals surface area (Å²) in [6, 6.07) is 12.0. The minimum absolute atomic E-state index is 0.0417. The van der Waals surface area contributed by atoms with Crippen LogP contribution < -0.4 is 16.2 Å². The lowest BCUT2D eigenvalue weighted by atomic mass is 9.77. The van der Waals surface area contributed by atoms with E-state index in [1.165, 1.54) is 31.4 Å². The number of nitrogens with one attached hydrogen (secondary N) is 3. The Morgan fingerprint density at radius 1 is 0.907 bits per heavy atom. The Kier molecular flexibility index (Phi) is 22.1. The first-order chi connectivity index (χ1) is 35.2. The number of amides is 3. The first kappa shape index (κ1) is 61.6. The molecule has 0 saturated carbocycles. The summed E-state index contributed by atoms with van der Waals surface area (Å²) in [5.74, 6) is -3.70. The van der Waals surface area contributed by atoms with Crippen molar-refractivity contribution in [3.05, 3.63) is 64.4 Å². The number of benzene rings is 1. The quantitative estimate of drug-likeness (QED) is 0.0639. The Morgan fingerprint density at radius 3 is 2.21 bits per heavy atom. The molecule has 21 heteroatoms. The van der Waals surface area contributed by atoms with Crippen molar-refractivity contribution in [3.8, 4) is 0 Å². The minimum Gasteiger partial charge on any atom is -0.459 e. The molecule has 20 nitrogen and oxygen atoms in total. The van der Waals surface area contributed by atoms with Crippen molar-refractivity contribution in [1.82, 2.24) is 26.0 Å². The molecule has 3 amide bonds. The third-order valence-electron chi connectivity index (χ3n) is 15.1. The lowest BCUT2D eigenvalue weighted by molar-refractivity contribution is -0.317. The molecule has 0 radical (unpaired) electrons. The molecule has 75 heavy (non-hydrogen) atoms. The molecule has 3 saturated heterocycles. The van der Waals surface area contributed by atoms with Gasteiger partial charge in [-0.15, -0.1) is 11.3 Å². The van der Waals surface area contributed by atoms with Crippen LogP contribution in [0, 0.1) is 17.8 Å². The Bertz CT molecular complexity index is 2170. The minimum atomic E-state index is -1.95. The van der Waals surface area contributed by atoms with Crippen molar-refractivity contribution in [1.29, 1.82) is 0 Å². The number of aliphatic hydroxyl groups excluding tert-OH is 1. The van der Waals surface area contributed by atoms with Crippen LogP contribution >= 0.6 is 11.3 Å². The van der Waals surface area contributed by atoms with Crippen LogP contribution in [0.1, 0.15) is 105 Å². The SMILES string of the molecule is CC[C@@H]1OC(=O)[C@H](C)[C@@H](O[C@H]2C[C@@](C)(OC)[C@@H](OC(=O)NNC(=O)/C=C/c3cccs3)[C@H](C)O2)[C@@H](C)[C@@H](O[C@@H]2O[C@H](C)C[C@H](N(C)C)[C@H]2O)[C@](C)(O)C[C@@H](C)CN(C)[C@H](C)[C@@H](OC(=O)NCc2ccccc2)[C@]1(C)O. The number of aliphatic hydroxyl groups is 3. The van der Waals surface area contributed by atoms with Gasteiger partial charge in [0.25, 0.3) is 5.91 Å². The molecular weight excluding hydrogens is 991 g/mol. The zero-order valence-electron chi connectivity index (χ0n) is 46.2. The van der Waals surface area contributed by atoms with Crippen molar-refractivity contribution in [2.45, 2.75) is 192 Å². The lowest BCUT2D eigenvalue weighted by Gasteiger charge is -2.49. The first-order valence-corrected chi connectivity index (χ1v) is 26.9. The van der Waals surface area contributed by atoms with Gasteiger partial charge in [0.1, 0.15) is 23.4 Å². The molecule has 1 aromatic carbocycles. The average molecular weight is 1080 g/mol. The van der Waals surface area contributed by atoms with E-state index in [2.05, 4.69) is 16.2 Å². The summed E-state index contributed by atoms with van der Waals surface area (Å²) in [7, 11) is 7.01. The third-order valence-corrected chi connectivity index (χ3v) is 15.9. The van der Waals surface area contributed by atoms with Crippen LogP contribution in [-0.4, -0.2) is 174 Å². The van der Waals surface area contributed by atoms with Gasteiger partial charge in [0.2, 0.25) is 0 Å². The molecule has 1 aromatic heterocycles. The second kappa shape index (κ2) is 26.9. The summed E-state index contributed by atoms with van der Waals surface area (Å²) in [4.78, 5) is 58.9. The average Bonchev–Trinajstić information content (AvgIpc) is 3.88. The molecule has 0 unspecified atom stereocenters. The molecule has 4 heterocycles. The molecule has 3 aliphatic rings. The molecule has 5 rings (SSSR count). The standard InChI is InChI=1S/C54H85N5O15S/c1-15-40-54(10,66)46(73-50(63)55-29-37-20-17-16-18-21-37)35(6)59(13)30-31(2)27-52(8,65)45(72-49-43(61)39(58(11)12)26-32(3)68-49)33(4)44(34(5)48(62)70-40)71-42-28-53(9,67-14)47(36(7)69-42)74-51(64)57-56-41(60)24-23-38-22-19-25-75-38/h16-25,31-36,39-40,42-47,49,61,65-66H,15,26-30H2,1-14H3,(H,55,63)(H,56,60)(H,57,64)/b24-23+/t31-,32-,33-,34-,35-,36+,39+,40+,42+,43-,44+,45-,46-,47+,49+,52-,53-,54-/m1/s1. The number of hydrazine groups is 1. The highest BCUT2D eigenvalue weighted by Gasteiger charge is 2.54. The van der Waals surface area contributed by atoms with Crippen LogP contribution in [0.4, 0.5) is 9.59 Å². The lowest BCUT2D eigenvalue weighted by Crippen LogP contribution is -2.61. The van der Waals surface area contributed by atoms with Crippen LogP contribution in [0.2, 0.25) is 0 Å². The molecule has 18 atom stereocenters. The van der Waals surface area contributed by atoms with Crippen LogP contribution in [-0.2, 0) is 54.0 Å². The topological polar surface area (TPSA) is 245 Å². The van der Waals surface area contributed by atoms with E-state index >= 15 is 0 Å². The molecule has 0 bridgehead atoms. The fraction of sp³-hybridized carbons (Fsp3) is 0.704. The maximum Gasteiger partial charge on any atom is 0.426 e. The number of carbonyl (C=O) groups is 4. The van der Waals surface area contributed by atoms with Gasteiger partial charge in [-0.25, -0.2) is 15.0 Å². The van der Waals surface area contributed by atoms with E-state index in [4.69, 9.17) is 37.9 Å². The number of methoxy groups -OCH3 is 1. The van der Waals surface area contributed by atoms with Gasteiger partial charge >= 0.3 is 18.2 Å². The number of esters is 1. The van der Waals surface area contributed by atoms with Crippen LogP contribution in [0.15, 0.2) is 53.9 Å². The number of rotatable bonds is 13. The van der Waals surface area contributed by atoms with E-state index in [0.717, 1.165) is 10.4 Å². The van der Waals surface area contributed by atoms with Crippen molar-refractivity contribution in [3.63, 3.8) is 0 Å². The Morgan fingerprint density at radius 2 is 1.59 bits per heavy atom. The number of carbonyl (C=O) groups excluding carboxylic acids is 4. The number of likely N-dealkylation sites (N-methyl/N-ethyl adjacent to an activating group) is 2. The number of hydrogen-bond donors (Lipinski definition) is 6. The number of thiophene rings is 1. The zero-order chi connectivity index (χ0) is 55.6. The van der Waals surface area contributed by atoms with Gasteiger partial charge in [-0.3, -0.25) is 19.9 Å². The number of hydrogen-bond acceptors (Lipinski definition) is 18. The Balaban J connectivity index is 1.50. The largest absolute Gasteiger partial charge is 0.459 e. The van der Waals surface area contributed by atoms with Crippen LogP contribution in [0.3, 0.4) is 0 Å². The second-order valence-corrected chi connectivity index (χ2v) is 22.7. The van der Waals surface area contributed by atoms with Gasteiger partial charge < -0.3 is 63.4 Å². The Hall–Kier alpha value is -4.26. The predicted octanol–water partition coefficient (Wildman–Crippen LogP) is 5.37. The summed E-state index contributed by atoms with van der Waals surface area (Å²) in [5.41, 5.74) is 0.503. The zero-order valence-corrected chi connectivity index (χ0v) is 47.0. The van der Waals surface area contributed by atoms with Crippen molar-refractivity contribution in [2.24, 2.45) is 17.8 Å². The monoisotopic (exact) mass is 1080 g/mol. The molecule has 6 N–H and O–H groups in total. The van der Waals surface area contributed by atoms with Crippen LogP contribution in [0.5, 0.6) is 0 Å². The summed E-state index contributed by atoms with van der Waals surface area (Å²) in [6.07, 6.45) is -8.70. The summed E-state index contributed by atoms with van der Waals surface area (Å²) in [6.45, 7) is 17.8. The summed E-state index contributed by atoms with van der Waals surface area (Å²) >= 11 is 1.45. The highest BCUT2D eigenvalue weighted by molar-refractivity contribution is 7.10. The van der Waals surface area contributed by atoms with Gasteiger partial charge in [-0.05, 0) is 118 Å². The normalized spacial score (nSPS) is 37.7. The third kappa shape index (κ3) is 16.2. The van der Waals surface area contributed by atoms with Gasteiger partial charge in [0.15, 0.2) is 24.8 Å². The van der Waals surface area contributed by atoms with Gasteiger partial charge in [0, 0.05) is 55.6 Å². The van der Waals surface area contributed by atoms with Crippen molar-refractivity contribution < 1.29 is 72.4 Å². The van der Waals surface area contributed by atoms with E-state index in [1.54, 1.807) is 47.6 Å². The van der Waals surface area contributed by atoms with Gasteiger partial charge in [-0.1, -0.05) is 57.2 Å². The van der Waals surface area contributed by atoms with Crippen LogP contribution in [0.25, 0.3) is 6.08 Å². The number of cyclic esters (lactones) is 1. The smallest absolute Gasteiger partial charge is 0.426 e. The maximum absolute atomic E-state index is 14.9. The number of alkyl carbamates (subject to hydrolysis) is 1. The number of ether oxygens (including phenoxy) is 8. The van der Waals surface area contributed by atoms with E-state index in [-0.39, 0.29) is 43.9 Å². The van der Waals surface area contributed by atoms with E-state index in [9.17, 15) is 34.5 Å². The molecular formula is C54H85N5O15S. The molecule has 422 valence electrons. The van der Waals surface area contributed by atoms with E-state index in [1.807, 2.05) is 99.6 Å². The molecule has 3 aliphatic heterocycles. The van der Waals surface area contributed by atoms with Crippen molar-refractivity contribution >= 4 is 41.5 Å². The van der Waals surface area contributed by atoms with Gasteiger partial charge in [0.05, 0.1) is 35.9 Å². The number of nitrogens with zero attached hydrogens (tertiary/aromatic N) is 2. The summed E-state index contributed by atoms with van der Waals surface area (Å²) in [5, 5.41) is 42.0. The first-order valence-electron chi connectivity index (χ1n) is 26.0. The predicted molar refractivity (Wildman–Crippen MR) is 281 cm³/mol. The van der Waals surface area contributed by atoms with E-state index < -0.39 is 114 Å².